The summed E-state index contributed by atoms with van der Waals surface area (Å²) in [6, 6.07) is 0. The normalized spacial score (nSPS) is 35.2. The van der Waals surface area contributed by atoms with Crippen LogP contribution in [0.4, 0.5) is 0 Å². The maximum atomic E-state index is 9.36. The van der Waals surface area contributed by atoms with Gasteiger partial charge in [0, 0.05) is 12.1 Å². The van der Waals surface area contributed by atoms with E-state index in [-0.39, 0.29) is 6.10 Å². The molecule has 0 bridgehead atoms. The average Bonchev–Trinajstić information content (AvgIpc) is 2.13. The highest BCUT2D eigenvalue weighted by Gasteiger charge is 2.34. The molecule has 1 spiro atoms. The summed E-state index contributed by atoms with van der Waals surface area (Å²) >= 11 is 0. The van der Waals surface area contributed by atoms with E-state index in [2.05, 4.69) is 5.32 Å². The fourth-order valence-corrected chi connectivity index (χ4v) is 2.62. The second-order valence-electron chi connectivity index (χ2n) is 4.41. The second-order valence-corrected chi connectivity index (χ2v) is 4.41. The summed E-state index contributed by atoms with van der Waals surface area (Å²) in [4.78, 5) is 0. The number of hydrogen-bond acceptors (Lipinski definition) is 2. The van der Waals surface area contributed by atoms with Crippen LogP contribution in [0.3, 0.4) is 0 Å². The number of aliphatic hydroxyl groups excluding tert-OH is 1. The third-order valence-corrected chi connectivity index (χ3v) is 3.48. The van der Waals surface area contributed by atoms with Gasteiger partial charge in [-0.1, -0.05) is 19.3 Å². The molecule has 0 amide bonds. The van der Waals surface area contributed by atoms with Crippen molar-refractivity contribution in [1.82, 2.24) is 5.32 Å². The van der Waals surface area contributed by atoms with Crippen molar-refractivity contribution in [3.63, 3.8) is 0 Å². The minimum atomic E-state index is -0.0856. The van der Waals surface area contributed by atoms with E-state index in [0.717, 1.165) is 13.0 Å². The van der Waals surface area contributed by atoms with E-state index in [0.29, 0.717) is 5.54 Å². The number of aliphatic hydroxyl groups is 1. The summed E-state index contributed by atoms with van der Waals surface area (Å²) in [6.07, 6.45) is 8.94. The van der Waals surface area contributed by atoms with Crippen molar-refractivity contribution in [3.05, 3.63) is 0 Å². The van der Waals surface area contributed by atoms with E-state index in [1.807, 2.05) is 0 Å². The molecule has 1 unspecified atom stereocenters. The van der Waals surface area contributed by atoms with E-state index in [1.165, 1.54) is 38.5 Å². The van der Waals surface area contributed by atoms with E-state index >= 15 is 0 Å². The Morgan fingerprint density at radius 3 is 2.42 bits per heavy atom. The molecular formula is C10H19NO. The summed E-state index contributed by atoms with van der Waals surface area (Å²) < 4.78 is 0. The summed E-state index contributed by atoms with van der Waals surface area (Å²) in [6.45, 7) is 0.819. The molecule has 2 rings (SSSR count). The Bertz CT molecular complexity index is 142. The van der Waals surface area contributed by atoms with Gasteiger partial charge in [0.15, 0.2) is 0 Å². The molecule has 2 heteroatoms. The Morgan fingerprint density at radius 2 is 1.83 bits per heavy atom. The quantitative estimate of drug-likeness (QED) is 0.575. The Hall–Kier alpha value is -0.0800. The fraction of sp³-hybridized carbons (Fsp3) is 1.00. The lowest BCUT2D eigenvalue weighted by Gasteiger charge is -2.42. The largest absolute Gasteiger partial charge is 0.392 e. The molecule has 1 atom stereocenters. The Morgan fingerprint density at radius 1 is 1.08 bits per heavy atom. The predicted molar refractivity (Wildman–Crippen MR) is 49.1 cm³/mol. The predicted octanol–water partition coefficient (Wildman–Crippen LogP) is 1.43. The molecule has 0 aromatic carbocycles. The zero-order chi connectivity index (χ0) is 8.44. The monoisotopic (exact) mass is 169 g/mol. The summed E-state index contributed by atoms with van der Waals surface area (Å²) in [5.41, 5.74) is 0.428. The van der Waals surface area contributed by atoms with Gasteiger partial charge in [-0.3, -0.25) is 0 Å². The first-order valence-electron chi connectivity index (χ1n) is 5.24. The molecule has 0 aromatic rings. The lowest BCUT2D eigenvalue weighted by molar-refractivity contribution is 0.0752. The lowest BCUT2D eigenvalue weighted by atomic mass is 9.76. The van der Waals surface area contributed by atoms with Crippen LogP contribution < -0.4 is 5.32 Å². The van der Waals surface area contributed by atoms with Gasteiger partial charge in [-0.05, 0) is 25.7 Å². The van der Waals surface area contributed by atoms with Gasteiger partial charge in [-0.25, -0.2) is 0 Å². The molecule has 12 heavy (non-hydrogen) atoms. The molecular weight excluding hydrogens is 150 g/mol. The van der Waals surface area contributed by atoms with Gasteiger partial charge in [0.25, 0.3) is 0 Å². The molecule has 1 saturated carbocycles. The maximum absolute atomic E-state index is 9.36. The van der Waals surface area contributed by atoms with Crippen LogP contribution in [0.5, 0.6) is 0 Å². The van der Waals surface area contributed by atoms with Crippen LogP contribution in [0.15, 0.2) is 0 Å². The number of hydrogen-bond donors (Lipinski definition) is 2. The van der Waals surface area contributed by atoms with Crippen molar-refractivity contribution >= 4 is 0 Å². The summed E-state index contributed by atoms with van der Waals surface area (Å²) in [5, 5.41) is 12.9. The first kappa shape index (κ1) is 8.52. The minimum absolute atomic E-state index is 0.0856. The van der Waals surface area contributed by atoms with E-state index in [9.17, 15) is 5.11 Å². The zero-order valence-electron chi connectivity index (χ0n) is 7.68. The number of rotatable bonds is 0. The number of β-amino-alcohol motifs (C(OH)–C–C–N with tert-alkyl or cyclic N) is 1. The smallest absolute Gasteiger partial charge is 0.0665 e. The Kier molecular flexibility index (Phi) is 2.37. The standard InChI is InChI=1S/C10H19NO/c12-9-4-7-10(11-8-9)5-2-1-3-6-10/h9,11-12H,1-8H2. The van der Waals surface area contributed by atoms with Crippen LogP contribution in [0.25, 0.3) is 0 Å². The van der Waals surface area contributed by atoms with Crippen molar-refractivity contribution in [2.75, 3.05) is 6.54 Å². The Labute approximate surface area is 74.4 Å². The number of nitrogens with one attached hydrogen (secondary N) is 1. The summed E-state index contributed by atoms with van der Waals surface area (Å²) in [5.74, 6) is 0. The third kappa shape index (κ3) is 1.64. The van der Waals surface area contributed by atoms with Crippen molar-refractivity contribution < 1.29 is 5.11 Å². The van der Waals surface area contributed by atoms with Gasteiger partial charge in [0.1, 0.15) is 0 Å². The SMILES string of the molecule is OC1CCC2(CCCCC2)NC1. The number of piperidine rings is 1. The van der Waals surface area contributed by atoms with Gasteiger partial charge in [0.05, 0.1) is 6.10 Å². The molecule has 1 saturated heterocycles. The van der Waals surface area contributed by atoms with Crippen LogP contribution in [0.1, 0.15) is 44.9 Å². The van der Waals surface area contributed by atoms with Gasteiger partial charge in [0.2, 0.25) is 0 Å². The maximum Gasteiger partial charge on any atom is 0.0665 e. The Balaban J connectivity index is 1.92. The highest BCUT2D eigenvalue weighted by molar-refractivity contribution is 4.94. The van der Waals surface area contributed by atoms with Crippen molar-refractivity contribution in [1.29, 1.82) is 0 Å². The molecule has 2 fully saturated rings. The molecule has 1 aliphatic heterocycles. The van der Waals surface area contributed by atoms with Crippen molar-refractivity contribution in [2.45, 2.75) is 56.6 Å². The van der Waals surface area contributed by atoms with Gasteiger partial charge in [-0.2, -0.15) is 0 Å². The molecule has 2 nitrogen and oxygen atoms in total. The first-order chi connectivity index (χ1) is 5.81. The fourth-order valence-electron chi connectivity index (χ4n) is 2.62. The molecule has 0 aromatic heterocycles. The van der Waals surface area contributed by atoms with Gasteiger partial charge in [-0.15, -0.1) is 0 Å². The minimum Gasteiger partial charge on any atom is -0.392 e. The molecule has 2 N–H and O–H groups in total. The van der Waals surface area contributed by atoms with Crippen molar-refractivity contribution in [2.24, 2.45) is 0 Å². The highest BCUT2D eigenvalue weighted by Crippen LogP contribution is 2.34. The molecule has 0 radical (unpaired) electrons. The third-order valence-electron chi connectivity index (χ3n) is 3.48. The van der Waals surface area contributed by atoms with Crippen LogP contribution in [-0.2, 0) is 0 Å². The topological polar surface area (TPSA) is 32.3 Å². The van der Waals surface area contributed by atoms with E-state index in [1.54, 1.807) is 0 Å². The van der Waals surface area contributed by atoms with Crippen LogP contribution >= 0.6 is 0 Å². The molecule has 1 heterocycles. The van der Waals surface area contributed by atoms with Crippen LogP contribution in [0.2, 0.25) is 0 Å². The molecule has 1 aliphatic carbocycles. The van der Waals surface area contributed by atoms with E-state index in [4.69, 9.17) is 0 Å². The van der Waals surface area contributed by atoms with Crippen LogP contribution in [-0.4, -0.2) is 23.3 Å². The molecule has 2 aliphatic rings. The summed E-state index contributed by atoms with van der Waals surface area (Å²) in [7, 11) is 0. The van der Waals surface area contributed by atoms with Crippen LogP contribution in [0, 0.1) is 0 Å². The van der Waals surface area contributed by atoms with Gasteiger partial charge < -0.3 is 10.4 Å². The lowest BCUT2D eigenvalue weighted by Crippen LogP contribution is -2.53. The molecule has 70 valence electrons. The zero-order valence-corrected chi connectivity index (χ0v) is 7.68. The average molecular weight is 169 g/mol. The van der Waals surface area contributed by atoms with E-state index < -0.39 is 0 Å². The highest BCUT2D eigenvalue weighted by atomic mass is 16.3. The second kappa shape index (κ2) is 3.35. The van der Waals surface area contributed by atoms with Gasteiger partial charge >= 0.3 is 0 Å². The van der Waals surface area contributed by atoms with Crippen molar-refractivity contribution in [3.8, 4) is 0 Å². The first-order valence-corrected chi connectivity index (χ1v) is 5.24.